The maximum absolute atomic E-state index is 13.0. The van der Waals surface area contributed by atoms with Crippen molar-refractivity contribution >= 4 is 5.69 Å². The number of rotatable bonds is 3. The molecule has 0 spiro atoms. The van der Waals surface area contributed by atoms with Crippen molar-refractivity contribution in [3.63, 3.8) is 0 Å². The number of aliphatic hydroxyl groups excluding tert-OH is 1. The van der Waals surface area contributed by atoms with Gasteiger partial charge in [-0.05, 0) is 37.8 Å². The molecule has 0 aliphatic carbocycles. The number of para-hydroxylation sites is 1. The predicted octanol–water partition coefficient (Wildman–Crippen LogP) is 3.45. The van der Waals surface area contributed by atoms with Gasteiger partial charge in [0.2, 0.25) is 0 Å². The fourth-order valence-electron chi connectivity index (χ4n) is 2.73. The van der Waals surface area contributed by atoms with Crippen molar-refractivity contribution in [2.24, 2.45) is 0 Å². The molecule has 0 radical (unpaired) electrons. The molecule has 1 aliphatic rings. The highest BCUT2D eigenvalue weighted by atomic mass is 19.4. The van der Waals surface area contributed by atoms with Crippen LogP contribution in [-0.4, -0.2) is 24.3 Å². The molecule has 0 amide bonds. The normalized spacial score (nSPS) is 20.6. The van der Waals surface area contributed by atoms with Crippen LogP contribution in [0.25, 0.3) is 0 Å². The number of benzene rings is 1. The summed E-state index contributed by atoms with van der Waals surface area (Å²) in [5, 5.41) is 9.06. The third-order valence-electron chi connectivity index (χ3n) is 3.61. The summed E-state index contributed by atoms with van der Waals surface area (Å²) in [5.74, 6) is 0. The molecule has 1 unspecified atom stereocenters. The van der Waals surface area contributed by atoms with Gasteiger partial charge in [-0.1, -0.05) is 12.1 Å². The van der Waals surface area contributed by atoms with Crippen LogP contribution in [0.15, 0.2) is 24.3 Å². The first-order valence-electron chi connectivity index (χ1n) is 6.58. The van der Waals surface area contributed by atoms with Crippen molar-refractivity contribution < 1.29 is 18.3 Å². The van der Waals surface area contributed by atoms with E-state index in [1.807, 2.05) is 4.90 Å². The molecule has 19 heavy (non-hydrogen) atoms. The van der Waals surface area contributed by atoms with Crippen LogP contribution in [-0.2, 0) is 6.18 Å². The van der Waals surface area contributed by atoms with E-state index < -0.39 is 11.7 Å². The standard InChI is InChI=1S/C14H18F3NO/c15-14(16,17)12-6-1-2-7-13(12)18-9-4-3-5-11(18)8-10-19/h1-2,6-7,11,19H,3-5,8-10H2. The van der Waals surface area contributed by atoms with Gasteiger partial charge in [-0.3, -0.25) is 0 Å². The number of alkyl halides is 3. The minimum atomic E-state index is -4.34. The van der Waals surface area contributed by atoms with Gasteiger partial charge in [-0.15, -0.1) is 0 Å². The second-order valence-electron chi connectivity index (χ2n) is 4.87. The molecular formula is C14H18F3NO. The lowest BCUT2D eigenvalue weighted by molar-refractivity contribution is -0.137. The highest BCUT2D eigenvalue weighted by molar-refractivity contribution is 5.56. The minimum Gasteiger partial charge on any atom is -0.396 e. The second-order valence-corrected chi connectivity index (χ2v) is 4.87. The second kappa shape index (κ2) is 5.82. The zero-order valence-corrected chi connectivity index (χ0v) is 10.7. The lowest BCUT2D eigenvalue weighted by Crippen LogP contribution is -2.41. The quantitative estimate of drug-likeness (QED) is 0.911. The minimum absolute atomic E-state index is 0.00208. The molecule has 2 rings (SSSR count). The Morgan fingerprint density at radius 1 is 1.21 bits per heavy atom. The zero-order chi connectivity index (χ0) is 13.9. The molecule has 1 heterocycles. The van der Waals surface area contributed by atoms with Crippen LogP contribution in [0.2, 0.25) is 0 Å². The lowest BCUT2D eigenvalue weighted by Gasteiger charge is -2.38. The van der Waals surface area contributed by atoms with Gasteiger partial charge in [0.15, 0.2) is 0 Å². The Balaban J connectivity index is 2.33. The zero-order valence-electron chi connectivity index (χ0n) is 10.7. The third kappa shape index (κ3) is 3.21. The maximum atomic E-state index is 13.0. The lowest BCUT2D eigenvalue weighted by atomic mass is 9.97. The van der Waals surface area contributed by atoms with Crippen LogP contribution < -0.4 is 4.90 Å². The Hall–Kier alpha value is -1.23. The van der Waals surface area contributed by atoms with Crippen molar-refractivity contribution in [2.45, 2.75) is 37.9 Å². The Bertz CT molecular complexity index is 417. The highest BCUT2D eigenvalue weighted by Gasteiger charge is 2.36. The van der Waals surface area contributed by atoms with E-state index in [2.05, 4.69) is 0 Å². The van der Waals surface area contributed by atoms with Crippen molar-refractivity contribution in [3.05, 3.63) is 29.8 Å². The van der Waals surface area contributed by atoms with Crippen LogP contribution in [0.5, 0.6) is 0 Å². The molecule has 1 aliphatic heterocycles. The molecule has 0 bridgehead atoms. The van der Waals surface area contributed by atoms with Crippen LogP contribution in [0.4, 0.5) is 18.9 Å². The monoisotopic (exact) mass is 273 g/mol. The van der Waals surface area contributed by atoms with Gasteiger partial charge in [-0.25, -0.2) is 0 Å². The van der Waals surface area contributed by atoms with E-state index in [-0.39, 0.29) is 18.3 Å². The molecular weight excluding hydrogens is 255 g/mol. The molecule has 5 heteroatoms. The average Bonchev–Trinajstić information content (AvgIpc) is 2.39. The summed E-state index contributed by atoms with van der Waals surface area (Å²) in [7, 11) is 0. The van der Waals surface area contributed by atoms with E-state index in [1.54, 1.807) is 6.07 Å². The van der Waals surface area contributed by atoms with Crippen LogP contribution in [0.3, 0.4) is 0 Å². The van der Waals surface area contributed by atoms with E-state index in [0.29, 0.717) is 13.0 Å². The number of anilines is 1. The van der Waals surface area contributed by atoms with Gasteiger partial charge in [0, 0.05) is 24.9 Å². The first-order chi connectivity index (χ1) is 9.04. The fourth-order valence-corrected chi connectivity index (χ4v) is 2.73. The molecule has 1 aromatic rings. The molecule has 0 aromatic heterocycles. The molecule has 1 atom stereocenters. The molecule has 106 valence electrons. The van der Waals surface area contributed by atoms with Gasteiger partial charge in [0.1, 0.15) is 0 Å². The third-order valence-corrected chi connectivity index (χ3v) is 3.61. The van der Waals surface area contributed by atoms with Crippen LogP contribution >= 0.6 is 0 Å². The predicted molar refractivity (Wildman–Crippen MR) is 68.1 cm³/mol. The van der Waals surface area contributed by atoms with Crippen LogP contribution in [0, 0.1) is 0 Å². The Kier molecular flexibility index (Phi) is 4.34. The number of piperidine rings is 1. The SMILES string of the molecule is OCCC1CCCCN1c1ccccc1C(F)(F)F. The van der Waals surface area contributed by atoms with E-state index in [4.69, 9.17) is 5.11 Å². The van der Waals surface area contributed by atoms with Crippen molar-refractivity contribution in [2.75, 3.05) is 18.1 Å². The summed E-state index contributed by atoms with van der Waals surface area (Å²) in [6, 6.07) is 5.70. The van der Waals surface area contributed by atoms with Crippen molar-refractivity contribution in [1.82, 2.24) is 0 Å². The Morgan fingerprint density at radius 2 is 1.95 bits per heavy atom. The first kappa shape index (κ1) is 14.2. The molecule has 1 N–H and O–H groups in total. The Morgan fingerprint density at radius 3 is 2.63 bits per heavy atom. The van der Waals surface area contributed by atoms with E-state index in [9.17, 15) is 13.2 Å². The number of aliphatic hydroxyl groups is 1. The van der Waals surface area contributed by atoms with Gasteiger partial charge in [0.05, 0.1) is 5.56 Å². The average molecular weight is 273 g/mol. The highest BCUT2D eigenvalue weighted by Crippen LogP contribution is 2.38. The molecule has 0 saturated carbocycles. The number of hydrogen-bond donors (Lipinski definition) is 1. The van der Waals surface area contributed by atoms with Gasteiger partial charge < -0.3 is 10.0 Å². The summed E-state index contributed by atoms with van der Waals surface area (Å²) in [6.07, 6.45) is -1.07. The fraction of sp³-hybridized carbons (Fsp3) is 0.571. The van der Waals surface area contributed by atoms with Gasteiger partial charge in [-0.2, -0.15) is 13.2 Å². The molecule has 1 saturated heterocycles. The van der Waals surface area contributed by atoms with E-state index in [0.717, 1.165) is 25.3 Å². The number of nitrogens with zero attached hydrogens (tertiary/aromatic N) is 1. The molecule has 2 nitrogen and oxygen atoms in total. The summed E-state index contributed by atoms with van der Waals surface area (Å²) in [5.41, 5.74) is -0.340. The smallest absolute Gasteiger partial charge is 0.396 e. The summed E-state index contributed by atoms with van der Waals surface area (Å²) in [6.45, 7) is 0.632. The number of halogens is 3. The topological polar surface area (TPSA) is 23.5 Å². The Labute approximate surface area is 110 Å². The van der Waals surface area contributed by atoms with E-state index in [1.165, 1.54) is 12.1 Å². The van der Waals surface area contributed by atoms with Crippen LogP contribution in [0.1, 0.15) is 31.2 Å². The van der Waals surface area contributed by atoms with Gasteiger partial charge >= 0.3 is 6.18 Å². The summed E-state index contributed by atoms with van der Waals surface area (Å²) < 4.78 is 39.1. The van der Waals surface area contributed by atoms with E-state index >= 15 is 0 Å². The largest absolute Gasteiger partial charge is 0.418 e. The molecule has 1 fully saturated rings. The maximum Gasteiger partial charge on any atom is 0.418 e. The summed E-state index contributed by atoms with van der Waals surface area (Å²) >= 11 is 0. The molecule has 1 aromatic carbocycles. The van der Waals surface area contributed by atoms with Crippen molar-refractivity contribution in [1.29, 1.82) is 0 Å². The summed E-state index contributed by atoms with van der Waals surface area (Å²) in [4.78, 5) is 1.81. The first-order valence-corrected chi connectivity index (χ1v) is 6.58. The van der Waals surface area contributed by atoms with Gasteiger partial charge in [0.25, 0.3) is 0 Å². The number of hydrogen-bond acceptors (Lipinski definition) is 2. The van der Waals surface area contributed by atoms with Crippen molar-refractivity contribution in [3.8, 4) is 0 Å².